The van der Waals surface area contributed by atoms with Gasteiger partial charge in [0.15, 0.2) is 15.0 Å². The smallest absolute Gasteiger partial charge is 0.222 e. The van der Waals surface area contributed by atoms with Crippen molar-refractivity contribution in [3.05, 3.63) is 48.0 Å². The number of nitrogens with zero attached hydrogens (tertiary/aromatic N) is 3. The van der Waals surface area contributed by atoms with Gasteiger partial charge in [0, 0.05) is 37.5 Å². The molecule has 0 N–H and O–H groups in total. The second-order valence-corrected chi connectivity index (χ2v) is 11.9. The predicted octanol–water partition coefficient (Wildman–Crippen LogP) is 4.23. The number of hydrogen-bond donors (Lipinski definition) is 0. The van der Waals surface area contributed by atoms with Crippen molar-refractivity contribution >= 4 is 54.2 Å². The van der Waals surface area contributed by atoms with Crippen molar-refractivity contribution in [1.82, 2.24) is 9.88 Å². The van der Waals surface area contributed by atoms with Crippen molar-refractivity contribution in [1.29, 1.82) is 0 Å². The SMILES string of the molecule is CSc1ccc2nc(N3CCN(C(=O)CCCS(=O)(=O)c4ccc(C)cc4)CC3)sc2c1. The number of carbonyl (C=O) groups excluding carboxylic acids is 1. The van der Waals surface area contributed by atoms with E-state index in [4.69, 9.17) is 4.98 Å². The zero-order valence-electron chi connectivity index (χ0n) is 18.3. The Kier molecular flexibility index (Phi) is 7.07. The van der Waals surface area contributed by atoms with Gasteiger partial charge in [-0.3, -0.25) is 4.79 Å². The zero-order valence-corrected chi connectivity index (χ0v) is 20.7. The summed E-state index contributed by atoms with van der Waals surface area (Å²) in [5.41, 5.74) is 2.03. The van der Waals surface area contributed by atoms with Crippen LogP contribution in [-0.2, 0) is 14.6 Å². The van der Waals surface area contributed by atoms with E-state index in [-0.39, 0.29) is 18.1 Å². The van der Waals surface area contributed by atoms with Crippen molar-refractivity contribution in [3.8, 4) is 0 Å². The number of benzene rings is 2. The number of hydrogen-bond acceptors (Lipinski definition) is 7. The molecule has 170 valence electrons. The number of piperazine rings is 1. The molecule has 2 heterocycles. The second kappa shape index (κ2) is 9.80. The Balaban J connectivity index is 1.27. The molecule has 4 rings (SSSR count). The molecule has 0 atom stereocenters. The maximum Gasteiger partial charge on any atom is 0.222 e. The van der Waals surface area contributed by atoms with Gasteiger partial charge >= 0.3 is 0 Å². The van der Waals surface area contributed by atoms with Gasteiger partial charge < -0.3 is 9.80 Å². The Morgan fingerprint density at radius 1 is 1.09 bits per heavy atom. The minimum Gasteiger partial charge on any atom is -0.345 e. The van der Waals surface area contributed by atoms with E-state index in [9.17, 15) is 13.2 Å². The lowest BCUT2D eigenvalue weighted by molar-refractivity contribution is -0.131. The zero-order chi connectivity index (χ0) is 22.7. The fourth-order valence-corrected chi connectivity index (χ4v) is 6.62. The summed E-state index contributed by atoms with van der Waals surface area (Å²) < 4.78 is 26.1. The molecule has 0 aliphatic carbocycles. The number of fused-ring (bicyclic) bond motifs is 1. The van der Waals surface area contributed by atoms with Crippen LogP contribution >= 0.6 is 23.1 Å². The Morgan fingerprint density at radius 3 is 2.50 bits per heavy atom. The highest BCUT2D eigenvalue weighted by Gasteiger charge is 2.23. The summed E-state index contributed by atoms with van der Waals surface area (Å²) in [4.78, 5) is 23.0. The third kappa shape index (κ3) is 5.27. The summed E-state index contributed by atoms with van der Waals surface area (Å²) in [6.07, 6.45) is 2.66. The third-order valence-electron chi connectivity index (χ3n) is 5.67. The first-order chi connectivity index (χ1) is 15.4. The van der Waals surface area contributed by atoms with Gasteiger partial charge in [0.2, 0.25) is 5.91 Å². The molecule has 6 nitrogen and oxygen atoms in total. The molecule has 1 aliphatic rings. The standard InChI is InChI=1S/C23H27N3O3S3/c1-17-5-8-19(9-6-17)32(28,29)15-3-4-22(27)25-11-13-26(14-12-25)23-24-20-10-7-18(30-2)16-21(20)31-23/h5-10,16H,3-4,11-15H2,1-2H3. The number of thiazole rings is 1. The molecule has 0 spiro atoms. The number of carbonyl (C=O) groups is 1. The molecule has 0 saturated carbocycles. The lowest BCUT2D eigenvalue weighted by Crippen LogP contribution is -2.48. The lowest BCUT2D eigenvalue weighted by atomic mass is 10.2. The molecule has 1 aromatic heterocycles. The average molecular weight is 490 g/mol. The van der Waals surface area contributed by atoms with Crippen LogP contribution < -0.4 is 4.90 Å². The van der Waals surface area contributed by atoms with Crippen molar-refractivity contribution in [2.24, 2.45) is 0 Å². The molecular formula is C23H27N3O3S3. The van der Waals surface area contributed by atoms with Crippen LogP contribution in [0.5, 0.6) is 0 Å². The summed E-state index contributed by atoms with van der Waals surface area (Å²) in [5, 5.41) is 0.995. The van der Waals surface area contributed by atoms with Gasteiger partial charge in [-0.05, 0) is 49.9 Å². The summed E-state index contributed by atoms with van der Waals surface area (Å²) >= 11 is 3.41. The topological polar surface area (TPSA) is 70.6 Å². The van der Waals surface area contributed by atoms with Crippen LogP contribution in [0.1, 0.15) is 18.4 Å². The Hall–Kier alpha value is -2.10. The minimum absolute atomic E-state index is 0.00843. The molecule has 0 unspecified atom stereocenters. The molecule has 1 fully saturated rings. The first kappa shape index (κ1) is 23.1. The highest BCUT2D eigenvalue weighted by Crippen LogP contribution is 2.32. The number of aryl methyl sites for hydroxylation is 1. The molecule has 1 aliphatic heterocycles. The molecule has 1 saturated heterocycles. The molecule has 32 heavy (non-hydrogen) atoms. The number of amides is 1. The fourth-order valence-electron chi connectivity index (χ4n) is 3.74. The monoisotopic (exact) mass is 489 g/mol. The molecule has 2 aromatic carbocycles. The van der Waals surface area contributed by atoms with Gasteiger partial charge in [0.25, 0.3) is 0 Å². The van der Waals surface area contributed by atoms with Gasteiger partial charge in [0.1, 0.15) is 0 Å². The van der Waals surface area contributed by atoms with E-state index in [1.807, 2.05) is 11.8 Å². The van der Waals surface area contributed by atoms with E-state index in [2.05, 4.69) is 29.4 Å². The molecule has 0 bridgehead atoms. The summed E-state index contributed by atoms with van der Waals surface area (Å²) in [6, 6.07) is 13.2. The Bertz CT molecular complexity index is 1200. The maximum absolute atomic E-state index is 12.6. The third-order valence-corrected chi connectivity index (χ3v) is 9.29. The number of anilines is 1. The molecular weight excluding hydrogens is 462 g/mol. The largest absolute Gasteiger partial charge is 0.345 e. The second-order valence-electron chi connectivity index (χ2n) is 7.93. The van der Waals surface area contributed by atoms with Gasteiger partial charge in [-0.25, -0.2) is 13.4 Å². The van der Waals surface area contributed by atoms with Gasteiger partial charge in [-0.15, -0.1) is 11.8 Å². The van der Waals surface area contributed by atoms with Crippen LogP contribution in [0.25, 0.3) is 10.2 Å². The first-order valence-electron chi connectivity index (χ1n) is 10.6. The Morgan fingerprint density at radius 2 is 1.81 bits per heavy atom. The average Bonchev–Trinajstić information content (AvgIpc) is 3.22. The lowest BCUT2D eigenvalue weighted by Gasteiger charge is -2.34. The van der Waals surface area contributed by atoms with Crippen LogP contribution in [0.15, 0.2) is 52.3 Å². The number of aromatic nitrogens is 1. The van der Waals surface area contributed by atoms with Crippen LogP contribution in [0.4, 0.5) is 5.13 Å². The van der Waals surface area contributed by atoms with Crippen molar-refractivity contribution in [2.75, 3.05) is 43.1 Å². The summed E-state index contributed by atoms with van der Waals surface area (Å²) in [5.74, 6) is 0.0172. The minimum atomic E-state index is -3.35. The van der Waals surface area contributed by atoms with Crippen LogP contribution in [0, 0.1) is 6.92 Å². The highest BCUT2D eigenvalue weighted by atomic mass is 32.2. The van der Waals surface area contributed by atoms with Crippen molar-refractivity contribution in [3.63, 3.8) is 0 Å². The summed E-state index contributed by atoms with van der Waals surface area (Å²) in [7, 11) is -3.35. The van der Waals surface area contributed by atoms with Crippen LogP contribution in [0.3, 0.4) is 0 Å². The van der Waals surface area contributed by atoms with Crippen molar-refractivity contribution in [2.45, 2.75) is 29.6 Å². The van der Waals surface area contributed by atoms with Crippen molar-refractivity contribution < 1.29 is 13.2 Å². The van der Waals surface area contributed by atoms with Crippen LogP contribution in [-0.4, -0.2) is 62.4 Å². The number of sulfone groups is 1. The highest BCUT2D eigenvalue weighted by molar-refractivity contribution is 7.98. The van der Waals surface area contributed by atoms with E-state index in [1.165, 1.54) is 9.60 Å². The van der Waals surface area contributed by atoms with Gasteiger partial charge in [-0.1, -0.05) is 29.0 Å². The molecule has 0 radical (unpaired) electrons. The fraction of sp³-hybridized carbons (Fsp3) is 0.391. The molecule has 9 heteroatoms. The normalized spacial score (nSPS) is 14.8. The maximum atomic E-state index is 12.6. The van der Waals surface area contributed by atoms with E-state index in [0.717, 1.165) is 29.3 Å². The van der Waals surface area contributed by atoms with E-state index >= 15 is 0 Å². The predicted molar refractivity (Wildman–Crippen MR) is 133 cm³/mol. The first-order valence-corrected chi connectivity index (χ1v) is 14.3. The van der Waals surface area contributed by atoms with Crippen LogP contribution in [0.2, 0.25) is 0 Å². The molecule has 1 amide bonds. The van der Waals surface area contributed by atoms with E-state index < -0.39 is 9.84 Å². The quantitative estimate of drug-likeness (QED) is 0.463. The van der Waals surface area contributed by atoms with E-state index in [1.54, 1.807) is 47.4 Å². The number of thioether (sulfide) groups is 1. The van der Waals surface area contributed by atoms with Gasteiger partial charge in [0.05, 0.1) is 20.9 Å². The van der Waals surface area contributed by atoms with Gasteiger partial charge in [-0.2, -0.15) is 0 Å². The van der Waals surface area contributed by atoms with E-state index in [0.29, 0.717) is 24.4 Å². The Labute approximate surface area is 197 Å². The molecule has 3 aromatic rings. The number of rotatable bonds is 7. The summed E-state index contributed by atoms with van der Waals surface area (Å²) in [6.45, 7) is 4.67.